The van der Waals surface area contributed by atoms with E-state index in [-0.39, 0.29) is 11.7 Å². The minimum absolute atomic E-state index is 0.0105. The van der Waals surface area contributed by atoms with Crippen LogP contribution < -0.4 is 0 Å². The molecule has 0 aromatic rings. The first-order valence-corrected chi connectivity index (χ1v) is 5.83. The lowest BCUT2D eigenvalue weighted by atomic mass is 10.1. The van der Waals surface area contributed by atoms with Crippen molar-refractivity contribution >= 4 is 10.0 Å². The van der Waals surface area contributed by atoms with Crippen molar-refractivity contribution in [1.82, 2.24) is 4.31 Å². The van der Waals surface area contributed by atoms with Crippen LogP contribution in [0, 0.1) is 17.2 Å². The van der Waals surface area contributed by atoms with E-state index >= 15 is 0 Å². The lowest BCUT2D eigenvalue weighted by molar-refractivity contribution is 0.353. The van der Waals surface area contributed by atoms with Crippen LogP contribution in [0.2, 0.25) is 0 Å². The van der Waals surface area contributed by atoms with Gasteiger partial charge in [-0.05, 0) is 12.8 Å². The van der Waals surface area contributed by atoms with Gasteiger partial charge in [-0.25, -0.2) is 8.42 Å². The molecule has 0 fully saturated rings. The number of sulfonamides is 1. The zero-order chi connectivity index (χ0) is 10.6. The maximum Gasteiger partial charge on any atom is 0.214 e. The van der Waals surface area contributed by atoms with Crippen LogP contribution in [0.1, 0.15) is 20.8 Å². The second kappa shape index (κ2) is 4.58. The third kappa shape index (κ3) is 2.98. The minimum Gasteiger partial charge on any atom is -0.212 e. The van der Waals surface area contributed by atoms with E-state index in [1.54, 1.807) is 6.92 Å². The van der Waals surface area contributed by atoms with E-state index in [0.29, 0.717) is 0 Å². The SMILES string of the molecule is CCS(=O)(=O)N(C)C(C#N)C(C)C. The molecular formula is C8H16N2O2S. The van der Waals surface area contributed by atoms with Gasteiger partial charge in [-0.2, -0.15) is 9.57 Å². The summed E-state index contributed by atoms with van der Waals surface area (Å²) in [5.41, 5.74) is 0. The van der Waals surface area contributed by atoms with Gasteiger partial charge in [-0.3, -0.25) is 0 Å². The number of rotatable bonds is 4. The summed E-state index contributed by atoms with van der Waals surface area (Å²) in [4.78, 5) is 0. The summed E-state index contributed by atoms with van der Waals surface area (Å²) in [6.45, 7) is 5.23. The van der Waals surface area contributed by atoms with E-state index in [0.717, 1.165) is 4.31 Å². The molecule has 1 atom stereocenters. The molecule has 0 N–H and O–H groups in total. The molecule has 0 aromatic heterocycles. The molecule has 0 rings (SSSR count). The van der Waals surface area contributed by atoms with Crippen molar-refractivity contribution < 1.29 is 8.42 Å². The Bertz CT molecular complexity index is 290. The first-order chi connectivity index (χ1) is 5.86. The van der Waals surface area contributed by atoms with Crippen molar-refractivity contribution in [2.45, 2.75) is 26.8 Å². The number of hydrogen-bond donors (Lipinski definition) is 0. The van der Waals surface area contributed by atoms with E-state index in [1.807, 2.05) is 19.9 Å². The molecule has 5 heteroatoms. The second-order valence-corrected chi connectivity index (χ2v) is 5.55. The lowest BCUT2D eigenvalue weighted by Gasteiger charge is -2.24. The first kappa shape index (κ1) is 12.4. The fourth-order valence-corrected chi connectivity index (χ4v) is 2.07. The summed E-state index contributed by atoms with van der Waals surface area (Å²) in [5, 5.41) is 8.77. The van der Waals surface area contributed by atoms with E-state index in [2.05, 4.69) is 0 Å². The van der Waals surface area contributed by atoms with Gasteiger partial charge >= 0.3 is 0 Å². The van der Waals surface area contributed by atoms with Crippen LogP contribution in [-0.2, 0) is 10.0 Å². The molecule has 0 aliphatic rings. The molecule has 0 amide bonds. The van der Waals surface area contributed by atoms with Crippen molar-refractivity contribution in [1.29, 1.82) is 5.26 Å². The molecule has 4 nitrogen and oxygen atoms in total. The predicted octanol–water partition coefficient (Wildman–Crippen LogP) is 0.816. The van der Waals surface area contributed by atoms with E-state index < -0.39 is 16.1 Å². The molecule has 0 radical (unpaired) electrons. The largest absolute Gasteiger partial charge is 0.214 e. The van der Waals surface area contributed by atoms with Gasteiger partial charge in [-0.15, -0.1) is 0 Å². The van der Waals surface area contributed by atoms with Crippen molar-refractivity contribution in [3.8, 4) is 6.07 Å². The molecule has 0 aromatic carbocycles. The quantitative estimate of drug-likeness (QED) is 0.681. The maximum absolute atomic E-state index is 11.4. The second-order valence-electron chi connectivity index (χ2n) is 3.23. The van der Waals surface area contributed by atoms with Gasteiger partial charge in [0.1, 0.15) is 6.04 Å². The summed E-state index contributed by atoms with van der Waals surface area (Å²) in [6.07, 6.45) is 0. The Morgan fingerprint density at radius 3 is 2.15 bits per heavy atom. The Balaban J connectivity index is 4.79. The van der Waals surface area contributed by atoms with Crippen LogP contribution in [0.15, 0.2) is 0 Å². The summed E-state index contributed by atoms with van der Waals surface area (Å²) in [5.74, 6) is 0.0466. The molecule has 13 heavy (non-hydrogen) atoms. The van der Waals surface area contributed by atoms with Gasteiger partial charge < -0.3 is 0 Å². The van der Waals surface area contributed by atoms with Crippen LogP contribution in [-0.4, -0.2) is 31.6 Å². The van der Waals surface area contributed by atoms with Crippen molar-refractivity contribution in [2.24, 2.45) is 5.92 Å². The fourth-order valence-electron chi connectivity index (χ4n) is 1.03. The van der Waals surface area contributed by atoms with Crippen LogP contribution in [0.3, 0.4) is 0 Å². The van der Waals surface area contributed by atoms with Crippen molar-refractivity contribution in [3.63, 3.8) is 0 Å². The summed E-state index contributed by atoms with van der Waals surface area (Å²) in [7, 11) is -1.79. The molecule has 76 valence electrons. The van der Waals surface area contributed by atoms with Crippen LogP contribution >= 0.6 is 0 Å². The van der Waals surface area contributed by atoms with Crippen LogP contribution in [0.5, 0.6) is 0 Å². The smallest absolute Gasteiger partial charge is 0.212 e. The Hall–Kier alpha value is -0.600. The number of nitriles is 1. The standard InChI is InChI=1S/C8H16N2O2S/c1-5-13(11,12)10(4)8(6-9)7(2)3/h7-8H,5H2,1-4H3. The van der Waals surface area contributed by atoms with E-state index in [1.165, 1.54) is 7.05 Å². The highest BCUT2D eigenvalue weighted by Gasteiger charge is 2.26. The monoisotopic (exact) mass is 204 g/mol. The van der Waals surface area contributed by atoms with Crippen molar-refractivity contribution in [3.05, 3.63) is 0 Å². The zero-order valence-corrected chi connectivity index (χ0v) is 9.30. The van der Waals surface area contributed by atoms with E-state index in [9.17, 15) is 8.42 Å². The van der Waals surface area contributed by atoms with Crippen LogP contribution in [0.4, 0.5) is 0 Å². The summed E-state index contributed by atoms with van der Waals surface area (Å²) in [6, 6.07) is 1.42. The molecule has 0 saturated carbocycles. The predicted molar refractivity (Wildman–Crippen MR) is 51.5 cm³/mol. The van der Waals surface area contributed by atoms with Gasteiger partial charge in [0, 0.05) is 7.05 Å². The highest BCUT2D eigenvalue weighted by atomic mass is 32.2. The van der Waals surface area contributed by atoms with E-state index in [4.69, 9.17) is 5.26 Å². The van der Waals surface area contributed by atoms with Crippen LogP contribution in [0.25, 0.3) is 0 Å². The minimum atomic E-state index is -3.24. The fraction of sp³-hybridized carbons (Fsp3) is 0.875. The summed E-state index contributed by atoms with van der Waals surface area (Å²) < 4.78 is 23.9. The van der Waals surface area contributed by atoms with Gasteiger partial charge in [0.05, 0.1) is 11.8 Å². The lowest BCUT2D eigenvalue weighted by Crippen LogP contribution is -2.40. The zero-order valence-electron chi connectivity index (χ0n) is 8.48. The summed E-state index contributed by atoms with van der Waals surface area (Å²) >= 11 is 0. The maximum atomic E-state index is 11.4. The molecule has 0 aliphatic carbocycles. The van der Waals surface area contributed by atoms with Gasteiger partial charge in [-0.1, -0.05) is 13.8 Å². The topological polar surface area (TPSA) is 61.2 Å². The average Bonchev–Trinajstić information content (AvgIpc) is 2.05. The van der Waals surface area contributed by atoms with Crippen molar-refractivity contribution in [2.75, 3.05) is 12.8 Å². The molecule has 0 saturated heterocycles. The highest BCUT2D eigenvalue weighted by Crippen LogP contribution is 2.12. The molecule has 1 unspecified atom stereocenters. The Morgan fingerprint density at radius 1 is 1.46 bits per heavy atom. The third-order valence-corrected chi connectivity index (χ3v) is 3.79. The molecule has 0 bridgehead atoms. The Kier molecular flexibility index (Phi) is 4.37. The van der Waals surface area contributed by atoms with Gasteiger partial charge in [0.15, 0.2) is 0 Å². The Morgan fingerprint density at radius 2 is 1.92 bits per heavy atom. The first-order valence-electron chi connectivity index (χ1n) is 4.22. The number of hydrogen-bond acceptors (Lipinski definition) is 3. The molecular weight excluding hydrogens is 188 g/mol. The molecule has 0 heterocycles. The number of nitrogens with zero attached hydrogens (tertiary/aromatic N) is 2. The Labute approximate surface area is 80.2 Å². The molecule has 0 spiro atoms. The normalized spacial score (nSPS) is 14.5. The highest BCUT2D eigenvalue weighted by molar-refractivity contribution is 7.89. The molecule has 0 aliphatic heterocycles. The van der Waals surface area contributed by atoms with Gasteiger partial charge in [0.2, 0.25) is 10.0 Å². The van der Waals surface area contributed by atoms with Gasteiger partial charge in [0.25, 0.3) is 0 Å². The third-order valence-electron chi connectivity index (χ3n) is 1.96. The average molecular weight is 204 g/mol.